The Kier molecular flexibility index (Phi) is 3.43. The molecule has 1 aromatic rings. The fourth-order valence-corrected chi connectivity index (χ4v) is 2.79. The first-order valence-corrected chi connectivity index (χ1v) is 6.55. The van der Waals surface area contributed by atoms with E-state index >= 15 is 0 Å². The molecule has 0 bridgehead atoms. The summed E-state index contributed by atoms with van der Waals surface area (Å²) >= 11 is 0. The van der Waals surface area contributed by atoms with Crippen molar-refractivity contribution < 1.29 is 5.11 Å². The highest BCUT2D eigenvalue weighted by Gasteiger charge is 2.30. The third-order valence-corrected chi connectivity index (χ3v) is 4.31. The number of phenols is 1. The van der Waals surface area contributed by atoms with Crippen molar-refractivity contribution >= 4 is 0 Å². The van der Waals surface area contributed by atoms with E-state index in [9.17, 15) is 5.11 Å². The third kappa shape index (κ3) is 2.19. The van der Waals surface area contributed by atoms with Gasteiger partial charge in [-0.3, -0.25) is 4.90 Å². The van der Waals surface area contributed by atoms with Crippen molar-refractivity contribution in [2.24, 2.45) is 5.92 Å². The van der Waals surface area contributed by atoms with Gasteiger partial charge in [-0.25, -0.2) is 0 Å². The second-order valence-corrected chi connectivity index (χ2v) is 5.55. The highest BCUT2D eigenvalue weighted by molar-refractivity contribution is 5.44. The molecule has 0 fully saturated rings. The average molecular weight is 233 g/mol. The van der Waals surface area contributed by atoms with Crippen molar-refractivity contribution in [1.29, 1.82) is 0 Å². The second-order valence-electron chi connectivity index (χ2n) is 5.55. The Morgan fingerprint density at radius 2 is 2.00 bits per heavy atom. The number of hydrogen-bond acceptors (Lipinski definition) is 2. The van der Waals surface area contributed by atoms with Gasteiger partial charge in [-0.15, -0.1) is 0 Å². The first-order chi connectivity index (χ1) is 8.02. The lowest BCUT2D eigenvalue weighted by molar-refractivity contribution is 0.148. The van der Waals surface area contributed by atoms with Gasteiger partial charge in [0.2, 0.25) is 0 Å². The van der Waals surface area contributed by atoms with E-state index in [0.717, 1.165) is 18.4 Å². The Balaban J connectivity index is 2.25. The Bertz CT molecular complexity index is 400. The molecule has 2 atom stereocenters. The lowest BCUT2D eigenvalue weighted by atomic mass is 10.0. The second kappa shape index (κ2) is 4.69. The summed E-state index contributed by atoms with van der Waals surface area (Å²) in [6.45, 7) is 6.81. The minimum absolute atomic E-state index is 0.467. The number of nitrogens with zero attached hydrogens (tertiary/aromatic N) is 1. The molecule has 2 heteroatoms. The van der Waals surface area contributed by atoms with Gasteiger partial charge in [-0.05, 0) is 49.9 Å². The van der Waals surface area contributed by atoms with Crippen LogP contribution >= 0.6 is 0 Å². The molecule has 0 saturated heterocycles. The predicted molar refractivity (Wildman–Crippen MR) is 71.2 cm³/mol. The van der Waals surface area contributed by atoms with Gasteiger partial charge in [0.15, 0.2) is 0 Å². The summed E-state index contributed by atoms with van der Waals surface area (Å²) in [7, 11) is 2.20. The predicted octanol–water partition coefficient (Wildman–Crippen LogP) is 3.36. The molecule has 2 rings (SSSR count). The molecule has 17 heavy (non-hydrogen) atoms. The van der Waals surface area contributed by atoms with Crippen molar-refractivity contribution in [2.75, 3.05) is 7.05 Å². The van der Waals surface area contributed by atoms with E-state index in [1.807, 2.05) is 6.07 Å². The topological polar surface area (TPSA) is 23.5 Å². The highest BCUT2D eigenvalue weighted by atomic mass is 16.3. The summed E-state index contributed by atoms with van der Waals surface area (Å²) in [5.74, 6) is 1.12. The standard InChI is InChI=1S/C15H23NO/c1-10(2)11(3)16(4)14-9-8-13-12(14)6-5-7-15(13)17/h5-7,10-11,14,17H,8-9H2,1-4H3. The maximum Gasteiger partial charge on any atom is 0.119 e. The smallest absolute Gasteiger partial charge is 0.119 e. The van der Waals surface area contributed by atoms with Gasteiger partial charge >= 0.3 is 0 Å². The molecule has 1 aromatic carbocycles. The summed E-state index contributed by atoms with van der Waals surface area (Å²) in [4.78, 5) is 2.45. The van der Waals surface area contributed by atoms with Crippen LogP contribution in [-0.2, 0) is 6.42 Å². The van der Waals surface area contributed by atoms with Crippen LogP contribution in [0, 0.1) is 5.92 Å². The van der Waals surface area contributed by atoms with E-state index < -0.39 is 0 Å². The molecule has 0 aliphatic heterocycles. The summed E-state index contributed by atoms with van der Waals surface area (Å²) in [6, 6.07) is 6.95. The van der Waals surface area contributed by atoms with Gasteiger partial charge in [0.25, 0.3) is 0 Å². The molecular weight excluding hydrogens is 210 g/mol. The molecular formula is C15H23NO. The van der Waals surface area contributed by atoms with Gasteiger partial charge < -0.3 is 5.11 Å². The summed E-state index contributed by atoms with van der Waals surface area (Å²) in [6.07, 6.45) is 2.13. The zero-order valence-electron chi connectivity index (χ0n) is 11.3. The van der Waals surface area contributed by atoms with Gasteiger partial charge in [0.1, 0.15) is 5.75 Å². The summed E-state index contributed by atoms with van der Waals surface area (Å²) in [5, 5.41) is 9.86. The monoisotopic (exact) mass is 233 g/mol. The molecule has 0 saturated carbocycles. The molecule has 1 N–H and O–H groups in total. The van der Waals surface area contributed by atoms with Crippen LogP contribution in [0.15, 0.2) is 18.2 Å². The zero-order chi connectivity index (χ0) is 12.6. The highest BCUT2D eigenvalue weighted by Crippen LogP contribution is 2.40. The minimum Gasteiger partial charge on any atom is -0.508 e. The molecule has 0 amide bonds. The number of aromatic hydroxyl groups is 1. The molecule has 0 spiro atoms. The van der Waals surface area contributed by atoms with Crippen molar-refractivity contribution in [1.82, 2.24) is 4.90 Å². The Morgan fingerprint density at radius 1 is 1.29 bits per heavy atom. The number of benzene rings is 1. The first-order valence-electron chi connectivity index (χ1n) is 6.55. The normalized spacial score (nSPS) is 20.9. The quantitative estimate of drug-likeness (QED) is 0.865. The van der Waals surface area contributed by atoms with E-state index in [2.05, 4.69) is 38.8 Å². The van der Waals surface area contributed by atoms with Crippen LogP contribution in [0.25, 0.3) is 0 Å². The zero-order valence-corrected chi connectivity index (χ0v) is 11.3. The van der Waals surface area contributed by atoms with Crippen molar-refractivity contribution in [3.05, 3.63) is 29.3 Å². The van der Waals surface area contributed by atoms with Crippen LogP contribution in [0.1, 0.15) is 44.4 Å². The van der Waals surface area contributed by atoms with Crippen LogP contribution in [0.2, 0.25) is 0 Å². The number of fused-ring (bicyclic) bond motifs is 1. The third-order valence-electron chi connectivity index (χ3n) is 4.31. The van der Waals surface area contributed by atoms with Gasteiger partial charge in [0.05, 0.1) is 0 Å². The fraction of sp³-hybridized carbons (Fsp3) is 0.600. The van der Waals surface area contributed by atoms with Crippen molar-refractivity contribution in [2.45, 2.75) is 45.7 Å². The average Bonchev–Trinajstić information content (AvgIpc) is 2.72. The molecule has 1 aliphatic carbocycles. The minimum atomic E-state index is 0.467. The molecule has 1 aliphatic rings. The lowest BCUT2D eigenvalue weighted by Gasteiger charge is -2.33. The van der Waals surface area contributed by atoms with Crippen molar-refractivity contribution in [3.8, 4) is 5.75 Å². The summed E-state index contributed by atoms with van der Waals surface area (Å²) < 4.78 is 0. The maximum absolute atomic E-state index is 9.86. The van der Waals surface area contributed by atoms with E-state index in [4.69, 9.17) is 0 Å². The number of hydrogen-bond donors (Lipinski definition) is 1. The maximum atomic E-state index is 9.86. The Hall–Kier alpha value is -1.02. The van der Waals surface area contributed by atoms with Gasteiger partial charge in [-0.1, -0.05) is 26.0 Å². The molecule has 94 valence electrons. The Labute approximate surface area is 104 Å². The van der Waals surface area contributed by atoms with Crippen LogP contribution in [0.3, 0.4) is 0 Å². The van der Waals surface area contributed by atoms with Gasteiger partial charge in [-0.2, -0.15) is 0 Å². The van der Waals surface area contributed by atoms with Crippen molar-refractivity contribution in [3.63, 3.8) is 0 Å². The molecule has 0 aromatic heterocycles. The fourth-order valence-electron chi connectivity index (χ4n) is 2.79. The molecule has 0 heterocycles. The number of phenolic OH excluding ortho intramolecular Hbond substituents is 1. The molecule has 0 radical (unpaired) electrons. The van der Waals surface area contributed by atoms with E-state index in [0.29, 0.717) is 23.8 Å². The SMILES string of the molecule is CC(C)C(C)N(C)C1CCc2c(O)cccc21. The molecule has 2 nitrogen and oxygen atoms in total. The van der Waals surface area contributed by atoms with Crippen LogP contribution in [0.4, 0.5) is 0 Å². The lowest BCUT2D eigenvalue weighted by Crippen LogP contribution is -2.35. The van der Waals surface area contributed by atoms with E-state index in [-0.39, 0.29) is 0 Å². The summed E-state index contributed by atoms with van der Waals surface area (Å²) in [5.41, 5.74) is 2.47. The Morgan fingerprint density at radius 3 is 2.65 bits per heavy atom. The van der Waals surface area contributed by atoms with Crippen LogP contribution < -0.4 is 0 Å². The number of rotatable bonds is 3. The van der Waals surface area contributed by atoms with E-state index in [1.165, 1.54) is 5.56 Å². The van der Waals surface area contributed by atoms with E-state index in [1.54, 1.807) is 6.07 Å². The molecule has 2 unspecified atom stereocenters. The van der Waals surface area contributed by atoms with Gasteiger partial charge in [0, 0.05) is 12.1 Å². The van der Waals surface area contributed by atoms with Crippen LogP contribution in [-0.4, -0.2) is 23.1 Å². The first kappa shape index (κ1) is 12.4. The largest absolute Gasteiger partial charge is 0.508 e. The van der Waals surface area contributed by atoms with Crippen LogP contribution in [0.5, 0.6) is 5.75 Å².